The smallest absolute Gasteiger partial charge is 0.109 e. The Labute approximate surface area is 187 Å². The van der Waals surface area contributed by atoms with Crippen molar-refractivity contribution in [2.24, 2.45) is 0 Å². The number of halogens is 2. The van der Waals surface area contributed by atoms with Gasteiger partial charge in [-0.25, -0.2) is 0 Å². The summed E-state index contributed by atoms with van der Waals surface area (Å²) >= 11 is 12.6. The standard InChI is InChI=1S/C25H24Cl2N2O/c1-17-6-7-21(28-15-17)16-29-10-8-25(9-11-29)23-5-3-2-4-22(23)24(30-25)18-12-19(26)14-20(27)13-18/h2-7,12-15,24H,8-11,16H2,1H3. The van der Waals surface area contributed by atoms with E-state index in [1.54, 1.807) is 6.07 Å². The quantitative estimate of drug-likeness (QED) is 0.478. The average Bonchev–Trinajstić information content (AvgIpc) is 3.05. The summed E-state index contributed by atoms with van der Waals surface area (Å²) in [5.74, 6) is 0. The number of hydrogen-bond donors (Lipinski definition) is 0. The van der Waals surface area contributed by atoms with Crippen molar-refractivity contribution in [1.29, 1.82) is 0 Å². The van der Waals surface area contributed by atoms with E-state index in [-0.39, 0.29) is 11.7 Å². The van der Waals surface area contributed by atoms with Gasteiger partial charge in [0.2, 0.25) is 0 Å². The number of rotatable bonds is 3. The second-order valence-electron chi connectivity index (χ2n) is 8.39. The van der Waals surface area contributed by atoms with Gasteiger partial charge in [-0.1, -0.05) is 53.5 Å². The molecule has 0 amide bonds. The van der Waals surface area contributed by atoms with Gasteiger partial charge in [-0.05, 0) is 66.3 Å². The molecule has 0 bridgehead atoms. The molecule has 0 aliphatic carbocycles. The number of nitrogens with zero attached hydrogens (tertiary/aromatic N) is 2. The third kappa shape index (κ3) is 3.76. The van der Waals surface area contributed by atoms with Gasteiger partial charge >= 0.3 is 0 Å². The Kier molecular flexibility index (Phi) is 5.32. The van der Waals surface area contributed by atoms with Crippen LogP contribution in [0.25, 0.3) is 0 Å². The van der Waals surface area contributed by atoms with Gasteiger partial charge in [-0.3, -0.25) is 9.88 Å². The Morgan fingerprint density at radius 3 is 2.47 bits per heavy atom. The predicted molar refractivity (Wildman–Crippen MR) is 121 cm³/mol. The van der Waals surface area contributed by atoms with Crippen LogP contribution in [-0.4, -0.2) is 23.0 Å². The first-order chi connectivity index (χ1) is 14.5. The number of aromatic nitrogens is 1. The molecule has 1 saturated heterocycles. The van der Waals surface area contributed by atoms with Crippen LogP contribution >= 0.6 is 23.2 Å². The summed E-state index contributed by atoms with van der Waals surface area (Å²) < 4.78 is 6.81. The highest BCUT2D eigenvalue weighted by Gasteiger charge is 2.47. The molecule has 154 valence electrons. The first-order valence-electron chi connectivity index (χ1n) is 10.4. The molecule has 30 heavy (non-hydrogen) atoms. The molecule has 3 nitrogen and oxygen atoms in total. The van der Waals surface area contributed by atoms with Crippen molar-refractivity contribution < 1.29 is 4.74 Å². The van der Waals surface area contributed by atoms with Gasteiger partial charge in [0, 0.05) is 35.9 Å². The van der Waals surface area contributed by atoms with Crippen molar-refractivity contribution in [2.45, 2.75) is 38.0 Å². The van der Waals surface area contributed by atoms with E-state index in [0.29, 0.717) is 10.0 Å². The monoisotopic (exact) mass is 438 g/mol. The molecule has 1 atom stereocenters. The fourth-order valence-electron chi connectivity index (χ4n) is 4.75. The van der Waals surface area contributed by atoms with Crippen molar-refractivity contribution in [2.75, 3.05) is 13.1 Å². The first kappa shape index (κ1) is 20.0. The van der Waals surface area contributed by atoms with E-state index in [2.05, 4.69) is 53.2 Å². The zero-order chi connectivity index (χ0) is 20.7. The molecular formula is C25H24Cl2N2O. The molecule has 1 aromatic heterocycles. The lowest BCUT2D eigenvalue weighted by atomic mass is 9.83. The maximum Gasteiger partial charge on any atom is 0.109 e. The van der Waals surface area contributed by atoms with Crippen LogP contribution in [0.4, 0.5) is 0 Å². The summed E-state index contributed by atoms with van der Waals surface area (Å²) in [5.41, 5.74) is 5.61. The second-order valence-corrected chi connectivity index (χ2v) is 9.26. The van der Waals surface area contributed by atoms with Crippen LogP contribution in [0.3, 0.4) is 0 Å². The van der Waals surface area contributed by atoms with Gasteiger partial charge < -0.3 is 4.74 Å². The summed E-state index contributed by atoms with van der Waals surface area (Å²) in [6.45, 7) is 4.91. The average molecular weight is 439 g/mol. The number of ether oxygens (including phenoxy) is 1. The highest BCUT2D eigenvalue weighted by molar-refractivity contribution is 6.34. The van der Waals surface area contributed by atoms with Gasteiger partial charge in [0.05, 0.1) is 11.3 Å². The number of benzene rings is 2. The molecule has 1 fully saturated rings. The van der Waals surface area contributed by atoms with Gasteiger partial charge in [0.1, 0.15) is 6.10 Å². The topological polar surface area (TPSA) is 25.4 Å². The van der Waals surface area contributed by atoms with Crippen molar-refractivity contribution in [3.63, 3.8) is 0 Å². The molecule has 0 saturated carbocycles. The molecule has 5 heteroatoms. The third-order valence-electron chi connectivity index (χ3n) is 6.29. The van der Waals surface area contributed by atoms with Crippen molar-refractivity contribution >= 4 is 23.2 Å². The van der Waals surface area contributed by atoms with Crippen molar-refractivity contribution in [3.05, 3.63) is 98.8 Å². The minimum atomic E-state index is -0.257. The Bertz CT molecular complexity index is 1040. The molecule has 0 radical (unpaired) electrons. The molecule has 0 N–H and O–H groups in total. The maximum absolute atomic E-state index is 6.81. The lowest BCUT2D eigenvalue weighted by Crippen LogP contribution is -2.42. The van der Waals surface area contributed by atoms with Crippen molar-refractivity contribution in [3.8, 4) is 0 Å². The summed E-state index contributed by atoms with van der Waals surface area (Å²) in [4.78, 5) is 7.04. The van der Waals surface area contributed by atoms with Gasteiger partial charge in [0.25, 0.3) is 0 Å². The van der Waals surface area contributed by atoms with Crippen LogP contribution in [0.2, 0.25) is 10.0 Å². The van der Waals surface area contributed by atoms with Gasteiger partial charge in [0.15, 0.2) is 0 Å². The Hall–Kier alpha value is -1.91. The minimum absolute atomic E-state index is 0.136. The molecule has 5 rings (SSSR count). The molecule has 2 aromatic carbocycles. The van der Waals surface area contributed by atoms with Crippen LogP contribution in [0.15, 0.2) is 60.8 Å². The number of pyridine rings is 1. The van der Waals surface area contributed by atoms with E-state index < -0.39 is 0 Å². The molecule has 3 heterocycles. The van der Waals surface area contributed by atoms with E-state index in [1.165, 1.54) is 16.7 Å². The molecule has 1 unspecified atom stereocenters. The maximum atomic E-state index is 6.81. The van der Waals surface area contributed by atoms with Gasteiger partial charge in [-0.2, -0.15) is 0 Å². The van der Waals surface area contributed by atoms with Crippen LogP contribution < -0.4 is 0 Å². The zero-order valence-electron chi connectivity index (χ0n) is 16.9. The number of likely N-dealkylation sites (tertiary alicyclic amines) is 1. The number of aryl methyl sites for hydroxylation is 1. The molecule has 1 spiro atoms. The molecule has 2 aliphatic heterocycles. The first-order valence-corrected chi connectivity index (χ1v) is 11.2. The van der Waals surface area contributed by atoms with E-state index in [0.717, 1.165) is 43.7 Å². The van der Waals surface area contributed by atoms with E-state index in [1.807, 2.05) is 18.3 Å². The normalized spacial score (nSPS) is 20.4. The molecule has 3 aromatic rings. The zero-order valence-corrected chi connectivity index (χ0v) is 18.5. The minimum Gasteiger partial charge on any atom is -0.358 e. The lowest BCUT2D eigenvalue weighted by Gasteiger charge is -2.39. The Morgan fingerprint density at radius 2 is 1.77 bits per heavy atom. The molecule has 2 aliphatic rings. The Balaban J connectivity index is 1.38. The summed E-state index contributed by atoms with van der Waals surface area (Å²) in [5, 5.41) is 1.28. The SMILES string of the molecule is Cc1ccc(CN2CCC3(CC2)OC(c2cc(Cl)cc(Cl)c2)c2ccccc23)nc1. The highest BCUT2D eigenvalue weighted by Crippen LogP contribution is 2.51. The van der Waals surface area contributed by atoms with Crippen LogP contribution in [0.5, 0.6) is 0 Å². The number of piperidine rings is 1. The third-order valence-corrected chi connectivity index (χ3v) is 6.72. The van der Waals surface area contributed by atoms with E-state index in [9.17, 15) is 0 Å². The summed E-state index contributed by atoms with van der Waals surface area (Å²) in [6, 6.07) is 18.5. The molecular weight excluding hydrogens is 415 g/mol. The van der Waals surface area contributed by atoms with Crippen LogP contribution in [0.1, 0.15) is 46.9 Å². The largest absolute Gasteiger partial charge is 0.358 e. The number of fused-ring (bicyclic) bond motifs is 2. The van der Waals surface area contributed by atoms with E-state index in [4.69, 9.17) is 27.9 Å². The van der Waals surface area contributed by atoms with Crippen LogP contribution in [-0.2, 0) is 16.9 Å². The fraction of sp³-hybridized carbons (Fsp3) is 0.320. The summed E-state index contributed by atoms with van der Waals surface area (Å²) in [7, 11) is 0. The van der Waals surface area contributed by atoms with E-state index >= 15 is 0 Å². The second kappa shape index (κ2) is 7.97. The van der Waals surface area contributed by atoms with Crippen LogP contribution in [0, 0.1) is 6.92 Å². The summed E-state index contributed by atoms with van der Waals surface area (Å²) in [6.07, 6.45) is 3.72. The van der Waals surface area contributed by atoms with Crippen molar-refractivity contribution in [1.82, 2.24) is 9.88 Å². The number of hydrogen-bond acceptors (Lipinski definition) is 3. The van der Waals surface area contributed by atoms with Gasteiger partial charge in [-0.15, -0.1) is 0 Å². The predicted octanol–water partition coefficient (Wildman–Crippen LogP) is 6.31. The highest BCUT2D eigenvalue weighted by atomic mass is 35.5. The Morgan fingerprint density at radius 1 is 1.03 bits per heavy atom. The lowest BCUT2D eigenvalue weighted by molar-refractivity contribution is -0.0979. The fourth-order valence-corrected chi connectivity index (χ4v) is 5.29.